The van der Waals surface area contributed by atoms with Gasteiger partial charge in [0, 0.05) is 49.7 Å². The number of piperazine rings is 1. The number of carbonyl (C=O) groups excluding carboxylic acids is 1. The van der Waals surface area contributed by atoms with Crippen LogP contribution in [-0.4, -0.2) is 53.5 Å². The highest BCUT2D eigenvalue weighted by Gasteiger charge is 2.24. The van der Waals surface area contributed by atoms with Gasteiger partial charge in [-0.15, -0.1) is 0 Å². The molecule has 1 fully saturated rings. The van der Waals surface area contributed by atoms with E-state index in [9.17, 15) is 9.18 Å². The largest absolute Gasteiger partial charge is 0.497 e. The fraction of sp³-hybridized carbons (Fsp3) is 0.286. The van der Waals surface area contributed by atoms with Crippen LogP contribution in [0.1, 0.15) is 21.7 Å². The Balaban J connectivity index is 1.35. The molecule has 0 saturated carbocycles. The molecule has 1 aromatic heterocycles. The molecule has 1 amide bonds. The molecule has 2 heterocycles. The van der Waals surface area contributed by atoms with E-state index in [4.69, 9.17) is 4.74 Å². The Morgan fingerprint density at radius 2 is 1.90 bits per heavy atom. The summed E-state index contributed by atoms with van der Waals surface area (Å²) in [5, 5.41) is 0.857. The van der Waals surface area contributed by atoms with Crippen molar-refractivity contribution in [3.05, 3.63) is 71.3 Å². The van der Waals surface area contributed by atoms with Crippen LogP contribution in [0.3, 0.4) is 0 Å². The maximum atomic E-state index is 13.0. The lowest BCUT2D eigenvalue weighted by Gasteiger charge is -2.34. The van der Waals surface area contributed by atoms with Gasteiger partial charge in [0.1, 0.15) is 17.4 Å². The highest BCUT2D eigenvalue weighted by atomic mass is 32.1. The Hall–Kier alpha value is -3.00. The van der Waals surface area contributed by atoms with Crippen molar-refractivity contribution in [1.29, 1.82) is 0 Å². The molecular formula is C21H21FN4O2S. The Bertz CT molecular complexity index is 984. The first-order chi connectivity index (χ1) is 14.1. The Morgan fingerprint density at radius 1 is 1.14 bits per heavy atom. The third-order valence-electron chi connectivity index (χ3n) is 4.89. The van der Waals surface area contributed by atoms with Crippen molar-refractivity contribution in [2.24, 2.45) is 0 Å². The minimum absolute atomic E-state index is 0.0119. The van der Waals surface area contributed by atoms with Gasteiger partial charge in [-0.25, -0.2) is 9.37 Å². The van der Waals surface area contributed by atoms with E-state index in [1.165, 1.54) is 23.7 Å². The lowest BCUT2D eigenvalue weighted by molar-refractivity contribution is 0.0746. The molecule has 0 N–H and O–H groups in total. The summed E-state index contributed by atoms with van der Waals surface area (Å²) >= 11 is 1.36. The molecule has 29 heavy (non-hydrogen) atoms. The van der Waals surface area contributed by atoms with Crippen LogP contribution in [0.25, 0.3) is 0 Å². The summed E-state index contributed by atoms with van der Waals surface area (Å²) in [5.74, 6) is 1.17. The highest BCUT2D eigenvalue weighted by Crippen LogP contribution is 2.22. The van der Waals surface area contributed by atoms with E-state index in [-0.39, 0.29) is 11.7 Å². The average Bonchev–Trinajstić information content (AvgIpc) is 3.23. The summed E-state index contributed by atoms with van der Waals surface area (Å²) in [7, 11) is 1.59. The Kier molecular flexibility index (Phi) is 5.71. The number of hydrogen-bond donors (Lipinski definition) is 0. The number of ether oxygens (including phenoxy) is 1. The molecule has 1 saturated heterocycles. The number of hydrogen-bond acceptors (Lipinski definition) is 6. The quantitative estimate of drug-likeness (QED) is 0.644. The molecule has 4 rings (SSSR count). The van der Waals surface area contributed by atoms with E-state index >= 15 is 0 Å². The van der Waals surface area contributed by atoms with Crippen LogP contribution >= 0.6 is 11.5 Å². The third-order valence-corrected chi connectivity index (χ3v) is 5.70. The maximum absolute atomic E-state index is 13.0. The van der Waals surface area contributed by atoms with Gasteiger partial charge in [-0.2, -0.15) is 4.37 Å². The van der Waals surface area contributed by atoms with Gasteiger partial charge < -0.3 is 14.5 Å². The lowest BCUT2D eigenvalue weighted by Crippen LogP contribution is -2.48. The van der Waals surface area contributed by atoms with E-state index in [2.05, 4.69) is 14.3 Å². The molecule has 0 bridgehead atoms. The molecule has 0 atom stereocenters. The first kappa shape index (κ1) is 19.3. The molecule has 8 heteroatoms. The third kappa shape index (κ3) is 4.54. The van der Waals surface area contributed by atoms with Gasteiger partial charge in [-0.1, -0.05) is 18.2 Å². The monoisotopic (exact) mass is 412 g/mol. The highest BCUT2D eigenvalue weighted by molar-refractivity contribution is 7.09. The molecule has 2 aromatic carbocycles. The summed E-state index contributed by atoms with van der Waals surface area (Å²) in [4.78, 5) is 21.4. The second kappa shape index (κ2) is 8.57. The van der Waals surface area contributed by atoms with Crippen LogP contribution in [0.15, 0.2) is 48.5 Å². The van der Waals surface area contributed by atoms with Gasteiger partial charge in [-0.3, -0.25) is 4.79 Å². The van der Waals surface area contributed by atoms with Gasteiger partial charge in [-0.05, 0) is 35.9 Å². The minimum Gasteiger partial charge on any atom is -0.497 e. The molecule has 6 nitrogen and oxygen atoms in total. The van der Waals surface area contributed by atoms with Gasteiger partial charge in [0.05, 0.1) is 7.11 Å². The summed E-state index contributed by atoms with van der Waals surface area (Å²) < 4.78 is 22.7. The van der Waals surface area contributed by atoms with Gasteiger partial charge in [0.15, 0.2) is 0 Å². The van der Waals surface area contributed by atoms with Crippen LogP contribution in [-0.2, 0) is 6.42 Å². The zero-order valence-corrected chi connectivity index (χ0v) is 16.9. The van der Waals surface area contributed by atoms with E-state index < -0.39 is 0 Å². The van der Waals surface area contributed by atoms with Crippen molar-refractivity contribution in [1.82, 2.24) is 14.3 Å². The summed E-state index contributed by atoms with van der Waals surface area (Å²) in [6.45, 7) is 2.67. The smallest absolute Gasteiger partial charge is 0.254 e. The van der Waals surface area contributed by atoms with Gasteiger partial charge >= 0.3 is 0 Å². The number of anilines is 1. The second-order valence-electron chi connectivity index (χ2n) is 6.81. The van der Waals surface area contributed by atoms with Gasteiger partial charge in [0.25, 0.3) is 5.91 Å². The number of amides is 1. The molecule has 0 spiro atoms. The Labute approximate surface area is 172 Å². The first-order valence-corrected chi connectivity index (χ1v) is 10.1. The predicted octanol–water partition coefficient (Wildman–Crippen LogP) is 3.24. The molecule has 150 valence electrons. The molecule has 1 aliphatic rings. The summed E-state index contributed by atoms with van der Waals surface area (Å²) in [5.41, 5.74) is 1.61. The number of nitrogens with zero attached hydrogens (tertiary/aromatic N) is 4. The van der Waals surface area contributed by atoms with Crippen molar-refractivity contribution in [3.8, 4) is 5.75 Å². The standard InChI is InChI=1S/C21H21FN4O2S/c1-28-18-4-2-3-16(14-18)20(27)25-9-11-26(12-10-25)21-23-19(24-29-21)13-15-5-7-17(22)8-6-15/h2-8,14H,9-13H2,1H3. The number of halogens is 1. The number of methoxy groups -OCH3 is 1. The van der Waals surface area contributed by atoms with E-state index in [0.717, 1.165) is 16.5 Å². The zero-order chi connectivity index (χ0) is 20.2. The molecule has 1 aliphatic heterocycles. The fourth-order valence-electron chi connectivity index (χ4n) is 3.27. The van der Waals surface area contributed by atoms with Crippen molar-refractivity contribution in [2.75, 3.05) is 38.2 Å². The summed E-state index contributed by atoms with van der Waals surface area (Å²) in [6, 6.07) is 13.6. The van der Waals surface area contributed by atoms with Crippen molar-refractivity contribution < 1.29 is 13.9 Å². The van der Waals surface area contributed by atoms with Crippen LogP contribution in [0.2, 0.25) is 0 Å². The summed E-state index contributed by atoms with van der Waals surface area (Å²) in [6.07, 6.45) is 0.574. The molecule has 0 radical (unpaired) electrons. The minimum atomic E-state index is -0.248. The zero-order valence-electron chi connectivity index (χ0n) is 16.0. The van der Waals surface area contributed by atoms with Crippen molar-refractivity contribution >= 4 is 22.6 Å². The number of benzene rings is 2. The van der Waals surface area contributed by atoms with Crippen molar-refractivity contribution in [3.63, 3.8) is 0 Å². The van der Waals surface area contributed by atoms with Crippen molar-refractivity contribution in [2.45, 2.75) is 6.42 Å². The normalized spacial score (nSPS) is 14.1. The Morgan fingerprint density at radius 3 is 2.62 bits per heavy atom. The maximum Gasteiger partial charge on any atom is 0.254 e. The molecule has 3 aromatic rings. The van der Waals surface area contributed by atoms with Gasteiger partial charge in [0.2, 0.25) is 5.13 Å². The van der Waals surface area contributed by atoms with Crippen LogP contribution in [0.5, 0.6) is 5.75 Å². The van der Waals surface area contributed by atoms with E-state index in [1.807, 2.05) is 23.1 Å². The number of rotatable bonds is 5. The predicted molar refractivity (Wildman–Crippen MR) is 110 cm³/mol. The number of carbonyl (C=O) groups is 1. The first-order valence-electron chi connectivity index (χ1n) is 9.37. The van der Waals surface area contributed by atoms with E-state index in [0.29, 0.717) is 43.9 Å². The molecule has 0 aliphatic carbocycles. The average molecular weight is 412 g/mol. The molecular weight excluding hydrogens is 391 g/mol. The topological polar surface area (TPSA) is 58.6 Å². The van der Waals surface area contributed by atoms with Crippen LogP contribution in [0, 0.1) is 5.82 Å². The SMILES string of the molecule is COc1cccc(C(=O)N2CCN(c3nc(Cc4ccc(F)cc4)ns3)CC2)c1. The molecule has 0 unspecified atom stereocenters. The number of aromatic nitrogens is 2. The fourth-order valence-corrected chi connectivity index (χ4v) is 4.01. The second-order valence-corrected chi connectivity index (χ2v) is 7.54. The van der Waals surface area contributed by atoms with E-state index in [1.54, 1.807) is 25.3 Å². The van der Waals surface area contributed by atoms with Crippen LogP contribution in [0.4, 0.5) is 9.52 Å². The lowest BCUT2D eigenvalue weighted by atomic mass is 10.1. The van der Waals surface area contributed by atoms with Crippen LogP contribution < -0.4 is 9.64 Å².